The zero-order valence-corrected chi connectivity index (χ0v) is 9.77. The highest BCUT2D eigenvalue weighted by atomic mass is 14.2. The zero-order chi connectivity index (χ0) is 12.1. The van der Waals surface area contributed by atoms with Gasteiger partial charge in [-0.05, 0) is 39.3 Å². The molecular weight excluding hydrogens is 216 g/mol. The number of hydrogen-bond acceptors (Lipinski definition) is 0. The lowest BCUT2D eigenvalue weighted by atomic mass is 9.95. The fraction of sp³-hybridized carbons (Fsp3) is 0. The van der Waals surface area contributed by atoms with E-state index < -0.39 is 0 Å². The first kappa shape index (κ1) is 9.50. The predicted molar refractivity (Wildman–Crippen MR) is 78.2 cm³/mol. The van der Waals surface area contributed by atoms with Crippen molar-refractivity contribution in [3.8, 4) is 12.3 Å². The van der Waals surface area contributed by atoms with E-state index in [0.29, 0.717) is 0 Å². The number of fused-ring (bicyclic) bond motifs is 2. The van der Waals surface area contributed by atoms with E-state index >= 15 is 0 Å². The van der Waals surface area contributed by atoms with Crippen LogP contribution in [0.2, 0.25) is 0 Å². The van der Waals surface area contributed by atoms with Crippen LogP contribution in [0.4, 0.5) is 0 Å². The van der Waals surface area contributed by atoms with E-state index in [2.05, 4.69) is 60.5 Å². The molecule has 0 heteroatoms. The molecule has 0 N–H and O–H groups in total. The number of rotatable bonds is 0. The lowest BCUT2D eigenvalue weighted by molar-refractivity contribution is 1.74. The maximum absolute atomic E-state index is 5.66. The summed E-state index contributed by atoms with van der Waals surface area (Å²) in [6.07, 6.45) is 7.78. The maximum atomic E-state index is 5.66. The molecule has 0 saturated carbocycles. The normalized spacial score (nSPS) is 12.7. The van der Waals surface area contributed by atoms with E-state index in [1.807, 2.05) is 0 Å². The minimum absolute atomic E-state index is 0.998. The van der Waals surface area contributed by atoms with Crippen molar-refractivity contribution in [3.05, 3.63) is 59.7 Å². The molecule has 18 heavy (non-hydrogen) atoms. The summed E-state index contributed by atoms with van der Waals surface area (Å²) in [4.78, 5) is 0. The number of allylic oxidation sites excluding steroid dienone is 1. The molecule has 3 aromatic rings. The van der Waals surface area contributed by atoms with Crippen molar-refractivity contribution in [1.29, 1.82) is 0 Å². The second-order valence-corrected chi connectivity index (χ2v) is 4.62. The minimum Gasteiger partial charge on any atom is -0.115 e. The molecule has 0 atom stereocenters. The van der Waals surface area contributed by atoms with Gasteiger partial charge in [-0.3, -0.25) is 0 Å². The summed E-state index contributed by atoms with van der Waals surface area (Å²) < 4.78 is 0. The van der Waals surface area contributed by atoms with Gasteiger partial charge in [0.25, 0.3) is 0 Å². The molecule has 0 amide bonds. The Hall–Kier alpha value is -2.52. The molecule has 0 aliphatic heterocycles. The molecule has 0 aromatic heterocycles. The first-order valence-corrected chi connectivity index (χ1v) is 6.01. The Morgan fingerprint density at radius 1 is 0.889 bits per heavy atom. The summed E-state index contributed by atoms with van der Waals surface area (Å²) >= 11 is 0. The van der Waals surface area contributed by atoms with Crippen LogP contribution in [0.1, 0.15) is 11.1 Å². The molecule has 1 aliphatic rings. The monoisotopic (exact) mass is 226 g/mol. The van der Waals surface area contributed by atoms with Gasteiger partial charge in [0, 0.05) is 11.1 Å². The van der Waals surface area contributed by atoms with Gasteiger partial charge in [0.05, 0.1) is 0 Å². The van der Waals surface area contributed by atoms with Crippen LogP contribution >= 0.6 is 0 Å². The molecule has 0 heterocycles. The average molecular weight is 226 g/mol. The van der Waals surface area contributed by atoms with Crippen LogP contribution in [-0.4, -0.2) is 0 Å². The fourth-order valence-corrected chi connectivity index (χ4v) is 2.89. The molecule has 0 fully saturated rings. The van der Waals surface area contributed by atoms with Gasteiger partial charge in [-0.2, -0.15) is 0 Å². The highest BCUT2D eigenvalue weighted by Gasteiger charge is 2.17. The summed E-state index contributed by atoms with van der Waals surface area (Å²) in [5.74, 6) is 2.82. The Morgan fingerprint density at radius 2 is 1.72 bits per heavy atom. The van der Waals surface area contributed by atoms with Crippen LogP contribution in [0, 0.1) is 12.3 Å². The molecular formula is C18H10. The number of hydrogen-bond donors (Lipinski definition) is 0. The average Bonchev–Trinajstić information content (AvgIpc) is 2.80. The molecule has 3 aromatic carbocycles. The van der Waals surface area contributed by atoms with Crippen molar-refractivity contribution in [2.75, 3.05) is 0 Å². The first-order valence-electron chi connectivity index (χ1n) is 6.01. The van der Waals surface area contributed by atoms with Crippen LogP contribution < -0.4 is 0 Å². The number of benzene rings is 3. The van der Waals surface area contributed by atoms with Gasteiger partial charge >= 0.3 is 0 Å². The van der Waals surface area contributed by atoms with Gasteiger partial charge in [0.1, 0.15) is 0 Å². The highest BCUT2D eigenvalue weighted by Crippen LogP contribution is 2.40. The minimum atomic E-state index is 0.998. The van der Waals surface area contributed by atoms with Crippen molar-refractivity contribution >= 4 is 33.2 Å². The van der Waals surface area contributed by atoms with E-state index in [-0.39, 0.29) is 0 Å². The van der Waals surface area contributed by atoms with E-state index in [4.69, 9.17) is 6.42 Å². The van der Waals surface area contributed by atoms with Gasteiger partial charge in [-0.25, -0.2) is 0 Å². The third-order valence-electron chi connectivity index (χ3n) is 3.64. The maximum Gasteiger partial charge on any atom is 0.0333 e. The topological polar surface area (TPSA) is 0 Å². The van der Waals surface area contributed by atoms with Crippen LogP contribution in [0.25, 0.3) is 33.2 Å². The van der Waals surface area contributed by atoms with Crippen molar-refractivity contribution < 1.29 is 0 Å². The zero-order valence-electron chi connectivity index (χ0n) is 9.77. The first-order chi connectivity index (χ1) is 8.88. The van der Waals surface area contributed by atoms with Crippen LogP contribution in [0.3, 0.4) is 0 Å². The summed E-state index contributed by atoms with van der Waals surface area (Å²) in [6.45, 7) is 0. The van der Waals surface area contributed by atoms with Crippen molar-refractivity contribution in [1.82, 2.24) is 0 Å². The van der Waals surface area contributed by atoms with E-state index in [0.717, 1.165) is 5.57 Å². The Labute approximate surface area is 106 Å². The molecule has 0 radical (unpaired) electrons. The quantitative estimate of drug-likeness (QED) is 0.391. The second kappa shape index (κ2) is 3.24. The molecule has 82 valence electrons. The largest absolute Gasteiger partial charge is 0.115 e. The van der Waals surface area contributed by atoms with Crippen molar-refractivity contribution in [2.24, 2.45) is 0 Å². The summed E-state index contributed by atoms with van der Waals surface area (Å²) in [7, 11) is 0. The molecule has 0 spiro atoms. The summed E-state index contributed by atoms with van der Waals surface area (Å²) in [6, 6.07) is 17.0. The van der Waals surface area contributed by atoms with Crippen molar-refractivity contribution in [2.45, 2.75) is 0 Å². The van der Waals surface area contributed by atoms with Crippen molar-refractivity contribution in [3.63, 3.8) is 0 Å². The van der Waals surface area contributed by atoms with Crippen LogP contribution in [-0.2, 0) is 0 Å². The van der Waals surface area contributed by atoms with Gasteiger partial charge in [0.15, 0.2) is 0 Å². The van der Waals surface area contributed by atoms with Gasteiger partial charge in [0.2, 0.25) is 0 Å². The standard InChI is InChI=1S/C18H10/c1-2-12-10-14-7-5-8-15-11-13-6-3-4-9-16(13)18(12)17(14)15/h1,3-11H. The summed E-state index contributed by atoms with van der Waals surface area (Å²) in [5.41, 5.74) is 3.46. The Bertz CT molecular complexity index is 874. The number of terminal acetylenes is 1. The second-order valence-electron chi connectivity index (χ2n) is 4.62. The van der Waals surface area contributed by atoms with Gasteiger partial charge in [-0.1, -0.05) is 48.4 Å². The lowest BCUT2D eigenvalue weighted by Crippen LogP contribution is -1.84. The SMILES string of the molecule is C#CC1=Cc2cccc3cc4ccccc4c1c23. The Balaban J connectivity index is 2.35. The molecule has 4 rings (SSSR count). The molecule has 0 bridgehead atoms. The Morgan fingerprint density at radius 3 is 2.61 bits per heavy atom. The summed E-state index contributed by atoms with van der Waals surface area (Å²) in [5, 5.41) is 5.06. The van der Waals surface area contributed by atoms with E-state index in [1.54, 1.807) is 0 Å². The highest BCUT2D eigenvalue weighted by molar-refractivity contribution is 6.20. The smallest absolute Gasteiger partial charge is 0.0333 e. The third kappa shape index (κ3) is 1.06. The van der Waals surface area contributed by atoms with E-state index in [1.165, 1.54) is 32.7 Å². The molecule has 0 unspecified atom stereocenters. The molecule has 0 nitrogen and oxygen atoms in total. The fourth-order valence-electron chi connectivity index (χ4n) is 2.89. The Kier molecular flexibility index (Phi) is 1.71. The van der Waals surface area contributed by atoms with Crippen LogP contribution in [0.5, 0.6) is 0 Å². The predicted octanol–water partition coefficient (Wildman–Crippen LogP) is 4.48. The van der Waals surface area contributed by atoms with E-state index in [9.17, 15) is 0 Å². The molecule has 1 aliphatic carbocycles. The van der Waals surface area contributed by atoms with Gasteiger partial charge < -0.3 is 0 Å². The lowest BCUT2D eigenvalue weighted by Gasteiger charge is -2.08. The van der Waals surface area contributed by atoms with Gasteiger partial charge in [-0.15, -0.1) is 6.42 Å². The van der Waals surface area contributed by atoms with Crippen LogP contribution in [0.15, 0.2) is 48.5 Å². The third-order valence-corrected chi connectivity index (χ3v) is 3.64. The molecule has 0 saturated heterocycles.